The largest absolute Gasteiger partial charge is 0.352 e. The molecule has 94 valence electrons. The summed E-state index contributed by atoms with van der Waals surface area (Å²) in [6.07, 6.45) is 4.40. The van der Waals surface area contributed by atoms with Gasteiger partial charge in [0.2, 0.25) is 5.91 Å². The standard InChI is InChI=1S/C11H22N2O2S/c1-9(5-8-16(3)15)13-10(14)11(2)6-4-7-12-11/h9,12H,4-8H2,1-3H3,(H,13,14). The Morgan fingerprint density at radius 1 is 1.62 bits per heavy atom. The van der Waals surface area contributed by atoms with Crippen molar-refractivity contribution in [3.63, 3.8) is 0 Å². The quantitative estimate of drug-likeness (QED) is 0.738. The zero-order chi connectivity index (χ0) is 12.2. The van der Waals surface area contributed by atoms with Gasteiger partial charge < -0.3 is 10.6 Å². The number of carbonyl (C=O) groups is 1. The maximum Gasteiger partial charge on any atom is 0.240 e. The van der Waals surface area contributed by atoms with Crippen molar-refractivity contribution in [1.82, 2.24) is 10.6 Å². The molecule has 1 aliphatic rings. The minimum Gasteiger partial charge on any atom is -0.352 e. The van der Waals surface area contributed by atoms with Crippen LogP contribution < -0.4 is 10.6 Å². The number of rotatable bonds is 5. The molecule has 3 atom stereocenters. The molecule has 2 N–H and O–H groups in total. The van der Waals surface area contributed by atoms with Crippen molar-refractivity contribution in [2.24, 2.45) is 0 Å². The second kappa shape index (κ2) is 5.77. The Hall–Kier alpha value is -0.420. The van der Waals surface area contributed by atoms with Crippen LogP contribution in [0, 0.1) is 0 Å². The van der Waals surface area contributed by atoms with Gasteiger partial charge >= 0.3 is 0 Å². The zero-order valence-electron chi connectivity index (χ0n) is 10.3. The van der Waals surface area contributed by atoms with Crippen molar-refractivity contribution in [3.8, 4) is 0 Å². The minimum atomic E-state index is -0.780. The molecule has 1 heterocycles. The van der Waals surface area contributed by atoms with E-state index in [0.29, 0.717) is 5.75 Å². The highest BCUT2D eigenvalue weighted by Crippen LogP contribution is 2.18. The van der Waals surface area contributed by atoms with Gasteiger partial charge in [0.1, 0.15) is 0 Å². The van der Waals surface area contributed by atoms with Crippen molar-refractivity contribution in [2.75, 3.05) is 18.6 Å². The van der Waals surface area contributed by atoms with Crippen LogP contribution in [0.5, 0.6) is 0 Å². The first-order chi connectivity index (χ1) is 7.44. The summed E-state index contributed by atoms with van der Waals surface area (Å²) in [7, 11) is -0.780. The SMILES string of the molecule is CC(CCS(C)=O)NC(=O)C1(C)CCCN1. The molecule has 0 aromatic rings. The summed E-state index contributed by atoms with van der Waals surface area (Å²) in [5, 5.41) is 6.21. The Bertz CT molecular complexity index is 275. The summed E-state index contributed by atoms with van der Waals surface area (Å²) in [6.45, 7) is 4.82. The fraction of sp³-hybridized carbons (Fsp3) is 0.909. The van der Waals surface area contributed by atoms with Crippen LogP contribution in [0.3, 0.4) is 0 Å². The van der Waals surface area contributed by atoms with E-state index in [1.54, 1.807) is 6.26 Å². The second-order valence-corrected chi connectivity index (χ2v) is 6.36. The number of nitrogens with one attached hydrogen (secondary N) is 2. The number of hydrogen-bond donors (Lipinski definition) is 2. The van der Waals surface area contributed by atoms with Crippen molar-refractivity contribution in [2.45, 2.75) is 44.7 Å². The summed E-state index contributed by atoms with van der Waals surface area (Å²) >= 11 is 0. The molecule has 0 radical (unpaired) electrons. The van der Waals surface area contributed by atoms with Crippen molar-refractivity contribution in [1.29, 1.82) is 0 Å². The first-order valence-electron chi connectivity index (χ1n) is 5.80. The molecule has 1 rings (SSSR count). The highest BCUT2D eigenvalue weighted by molar-refractivity contribution is 7.84. The normalized spacial score (nSPS) is 28.7. The van der Waals surface area contributed by atoms with E-state index in [1.165, 1.54) is 0 Å². The predicted molar refractivity (Wildman–Crippen MR) is 66.8 cm³/mol. The molecule has 0 aromatic carbocycles. The van der Waals surface area contributed by atoms with Crippen molar-refractivity contribution < 1.29 is 9.00 Å². The Balaban J connectivity index is 2.35. The average molecular weight is 246 g/mol. The van der Waals surface area contributed by atoms with E-state index in [2.05, 4.69) is 10.6 Å². The van der Waals surface area contributed by atoms with Gasteiger partial charge in [-0.1, -0.05) is 0 Å². The Morgan fingerprint density at radius 2 is 2.31 bits per heavy atom. The molecular formula is C11H22N2O2S. The van der Waals surface area contributed by atoms with E-state index in [9.17, 15) is 9.00 Å². The van der Waals surface area contributed by atoms with E-state index in [0.717, 1.165) is 25.8 Å². The van der Waals surface area contributed by atoms with Crippen LogP contribution >= 0.6 is 0 Å². The van der Waals surface area contributed by atoms with Crippen LogP contribution in [-0.2, 0) is 15.6 Å². The average Bonchev–Trinajstić information content (AvgIpc) is 2.63. The van der Waals surface area contributed by atoms with Crippen LogP contribution in [0.15, 0.2) is 0 Å². The molecule has 0 aromatic heterocycles. The molecule has 5 heteroatoms. The van der Waals surface area contributed by atoms with E-state index < -0.39 is 16.3 Å². The molecule has 0 spiro atoms. The third kappa shape index (κ3) is 3.87. The smallest absolute Gasteiger partial charge is 0.240 e. The van der Waals surface area contributed by atoms with Crippen LogP contribution in [-0.4, -0.2) is 40.3 Å². The van der Waals surface area contributed by atoms with Crippen molar-refractivity contribution >= 4 is 16.7 Å². The minimum absolute atomic E-state index is 0.0689. The predicted octanol–water partition coefficient (Wildman–Crippen LogP) is 0.402. The first kappa shape index (κ1) is 13.6. The lowest BCUT2D eigenvalue weighted by Crippen LogP contribution is -2.53. The van der Waals surface area contributed by atoms with Gasteiger partial charge in [0.05, 0.1) is 5.54 Å². The van der Waals surface area contributed by atoms with Gasteiger partial charge in [0.15, 0.2) is 0 Å². The molecule has 1 aliphatic heterocycles. The zero-order valence-corrected chi connectivity index (χ0v) is 11.2. The second-order valence-electron chi connectivity index (χ2n) is 4.80. The highest BCUT2D eigenvalue weighted by Gasteiger charge is 2.36. The summed E-state index contributed by atoms with van der Waals surface area (Å²) < 4.78 is 10.9. The molecule has 3 unspecified atom stereocenters. The van der Waals surface area contributed by atoms with Gasteiger partial charge in [-0.2, -0.15) is 0 Å². The summed E-state index contributed by atoms with van der Waals surface area (Å²) in [5.41, 5.74) is -0.403. The Morgan fingerprint density at radius 3 is 2.81 bits per heavy atom. The van der Waals surface area contributed by atoms with E-state index in [1.807, 2.05) is 13.8 Å². The Labute approximate surface area is 100 Å². The van der Waals surface area contributed by atoms with Crippen LogP contribution in [0.2, 0.25) is 0 Å². The number of carbonyl (C=O) groups excluding carboxylic acids is 1. The maximum absolute atomic E-state index is 12.0. The third-order valence-electron chi connectivity index (χ3n) is 3.09. The molecule has 0 bridgehead atoms. The van der Waals surface area contributed by atoms with Crippen LogP contribution in [0.1, 0.15) is 33.1 Å². The van der Waals surface area contributed by atoms with E-state index >= 15 is 0 Å². The van der Waals surface area contributed by atoms with Gasteiger partial charge in [0.25, 0.3) is 0 Å². The Kier molecular flexibility index (Phi) is 4.92. The van der Waals surface area contributed by atoms with E-state index in [-0.39, 0.29) is 11.9 Å². The van der Waals surface area contributed by atoms with Crippen LogP contribution in [0.25, 0.3) is 0 Å². The molecule has 1 fully saturated rings. The molecule has 0 aliphatic carbocycles. The molecule has 4 nitrogen and oxygen atoms in total. The monoisotopic (exact) mass is 246 g/mol. The molecule has 1 amide bonds. The van der Waals surface area contributed by atoms with Gasteiger partial charge in [-0.25, -0.2) is 0 Å². The molecule has 0 saturated carbocycles. The van der Waals surface area contributed by atoms with Gasteiger partial charge in [-0.15, -0.1) is 0 Å². The van der Waals surface area contributed by atoms with E-state index in [4.69, 9.17) is 0 Å². The fourth-order valence-corrected chi connectivity index (χ4v) is 2.57. The van der Waals surface area contributed by atoms with Crippen molar-refractivity contribution in [3.05, 3.63) is 0 Å². The fourth-order valence-electron chi connectivity index (χ4n) is 1.89. The number of amides is 1. The summed E-state index contributed by atoms with van der Waals surface area (Å²) in [5.74, 6) is 0.713. The lowest BCUT2D eigenvalue weighted by molar-refractivity contribution is -0.127. The molecule has 16 heavy (non-hydrogen) atoms. The number of hydrogen-bond acceptors (Lipinski definition) is 3. The summed E-state index contributed by atoms with van der Waals surface area (Å²) in [4.78, 5) is 12.0. The molecule has 1 saturated heterocycles. The summed E-state index contributed by atoms with van der Waals surface area (Å²) in [6, 6.07) is 0.0932. The maximum atomic E-state index is 12.0. The van der Waals surface area contributed by atoms with Gasteiger partial charge in [0, 0.05) is 28.9 Å². The van der Waals surface area contributed by atoms with Gasteiger partial charge in [-0.3, -0.25) is 9.00 Å². The molecular weight excluding hydrogens is 224 g/mol. The topological polar surface area (TPSA) is 58.2 Å². The third-order valence-corrected chi connectivity index (χ3v) is 3.90. The van der Waals surface area contributed by atoms with Crippen LogP contribution in [0.4, 0.5) is 0 Å². The highest BCUT2D eigenvalue weighted by atomic mass is 32.2. The lowest BCUT2D eigenvalue weighted by atomic mass is 9.99. The first-order valence-corrected chi connectivity index (χ1v) is 7.53. The van der Waals surface area contributed by atoms with Gasteiger partial charge in [-0.05, 0) is 39.7 Å². The lowest BCUT2D eigenvalue weighted by Gasteiger charge is -2.25.